The number of hydrogen-bond acceptors (Lipinski definition) is 7. The van der Waals surface area contributed by atoms with Gasteiger partial charge in [-0.3, -0.25) is 14.4 Å². The molecule has 2 rings (SSSR count). The first kappa shape index (κ1) is 23.4. The molecule has 2 N–H and O–H groups in total. The van der Waals surface area contributed by atoms with E-state index in [0.717, 1.165) is 17.4 Å². The molecule has 0 amide bonds. The van der Waals surface area contributed by atoms with E-state index in [0.29, 0.717) is 10.2 Å². The number of rotatable bonds is 9. The zero-order valence-corrected chi connectivity index (χ0v) is 17.8. The highest BCUT2D eigenvalue weighted by Crippen LogP contribution is 2.44. The molecule has 2 atom stereocenters. The quantitative estimate of drug-likeness (QED) is 0.426. The van der Waals surface area contributed by atoms with E-state index in [9.17, 15) is 22.5 Å². The average Bonchev–Trinajstić information content (AvgIpc) is 2.93. The van der Waals surface area contributed by atoms with E-state index >= 15 is 0 Å². The van der Waals surface area contributed by atoms with Crippen LogP contribution in [-0.2, 0) is 18.8 Å². The van der Waals surface area contributed by atoms with Crippen molar-refractivity contribution in [2.75, 3.05) is 18.5 Å². The molecule has 0 spiro atoms. The van der Waals surface area contributed by atoms with Crippen LogP contribution in [0.2, 0.25) is 0 Å². The largest absolute Gasteiger partial charge is 0.573 e. The van der Waals surface area contributed by atoms with Crippen LogP contribution in [0, 0.1) is 0 Å². The molecule has 1 aromatic heterocycles. The summed E-state index contributed by atoms with van der Waals surface area (Å²) in [6.45, 7) is 4.87. The summed E-state index contributed by atoms with van der Waals surface area (Å²) in [5.74, 6) is -0.972. The lowest BCUT2D eigenvalue weighted by Crippen LogP contribution is -2.36. The number of anilines is 1. The lowest BCUT2D eigenvalue weighted by molar-refractivity contribution is -0.274. The Hall–Kier alpha value is -1.88. The van der Waals surface area contributed by atoms with Gasteiger partial charge in [-0.05, 0) is 32.9 Å². The summed E-state index contributed by atoms with van der Waals surface area (Å²) in [6, 6.07) is 2.78. The van der Waals surface area contributed by atoms with Crippen LogP contribution in [0.1, 0.15) is 20.8 Å². The van der Waals surface area contributed by atoms with Crippen molar-refractivity contribution in [3.05, 3.63) is 18.2 Å². The summed E-state index contributed by atoms with van der Waals surface area (Å²) in [5, 5.41) is 5.56. The Bertz CT molecular complexity index is 906. The van der Waals surface area contributed by atoms with Gasteiger partial charge in [0, 0.05) is 13.2 Å². The number of alkyl halides is 3. The Kier molecular flexibility index (Phi) is 7.50. The normalized spacial score (nSPS) is 15.2. The second-order valence-electron chi connectivity index (χ2n) is 6.30. The van der Waals surface area contributed by atoms with Gasteiger partial charge in [-0.2, -0.15) is 0 Å². The maximum atomic E-state index is 13.2. The third-order valence-corrected chi connectivity index (χ3v) is 6.37. The number of nitrogens with one attached hydrogen (secondary N) is 2. The van der Waals surface area contributed by atoms with Crippen molar-refractivity contribution in [3.8, 4) is 5.75 Å². The molecule has 0 aliphatic heterocycles. The molecule has 2 unspecified atom stereocenters. The Balaban J connectivity index is 2.19. The highest BCUT2D eigenvalue weighted by molar-refractivity contribution is 7.63. The van der Waals surface area contributed by atoms with Crippen molar-refractivity contribution in [1.82, 2.24) is 10.1 Å². The maximum Gasteiger partial charge on any atom is 0.573 e. The molecule has 0 saturated heterocycles. The molecule has 162 valence electrons. The van der Waals surface area contributed by atoms with Crippen LogP contribution in [0.25, 0.3) is 10.2 Å². The number of fused-ring (bicyclic) bond motifs is 1. The van der Waals surface area contributed by atoms with Gasteiger partial charge in [0.2, 0.25) is 0 Å². The first-order chi connectivity index (χ1) is 13.4. The maximum absolute atomic E-state index is 13.2. The lowest BCUT2D eigenvalue weighted by atomic mass is 10.3. The number of nitrogens with zero attached hydrogens (tertiary/aromatic N) is 1. The first-order valence-electron chi connectivity index (χ1n) is 8.41. The number of thiazole rings is 1. The number of esters is 1. The molecule has 0 bridgehead atoms. The highest BCUT2D eigenvalue weighted by atomic mass is 32.1. The van der Waals surface area contributed by atoms with E-state index in [-0.39, 0.29) is 23.3 Å². The van der Waals surface area contributed by atoms with Crippen LogP contribution >= 0.6 is 18.8 Å². The molecule has 0 aliphatic carbocycles. The minimum atomic E-state index is -4.81. The minimum absolute atomic E-state index is 0.182. The van der Waals surface area contributed by atoms with Crippen LogP contribution < -0.4 is 14.9 Å². The zero-order chi connectivity index (χ0) is 21.8. The van der Waals surface area contributed by atoms with Crippen LogP contribution in [0.15, 0.2) is 18.2 Å². The highest BCUT2D eigenvalue weighted by Gasteiger charge is 2.32. The summed E-state index contributed by atoms with van der Waals surface area (Å²) in [7, 11) is -2.14. The first-order valence-corrected chi connectivity index (χ1v) is 11.1. The van der Waals surface area contributed by atoms with Crippen LogP contribution in [0.3, 0.4) is 0 Å². The smallest absolute Gasteiger partial charge is 0.462 e. The number of benzene rings is 1. The average molecular weight is 455 g/mol. The molecule has 8 nitrogen and oxygen atoms in total. The van der Waals surface area contributed by atoms with Gasteiger partial charge >= 0.3 is 12.3 Å². The Labute approximate surface area is 169 Å². The van der Waals surface area contributed by atoms with Crippen LogP contribution in [-0.4, -0.2) is 42.9 Å². The molecule has 29 heavy (non-hydrogen) atoms. The second kappa shape index (κ2) is 9.29. The molecule has 1 aromatic carbocycles. The predicted molar refractivity (Wildman–Crippen MR) is 103 cm³/mol. The summed E-state index contributed by atoms with van der Waals surface area (Å²) in [5.41, 5.74) is 0.392. The topological polar surface area (TPSA) is 98.8 Å². The van der Waals surface area contributed by atoms with Gasteiger partial charge in [-0.25, -0.2) is 10.1 Å². The molecular weight excluding hydrogens is 434 g/mol. The number of hydrogen-bond donors (Lipinski definition) is 2. The van der Waals surface area contributed by atoms with Crippen molar-refractivity contribution < 1.29 is 36.7 Å². The molecule has 0 saturated carbocycles. The number of aromatic nitrogens is 1. The van der Waals surface area contributed by atoms with Crippen LogP contribution in [0.4, 0.5) is 18.3 Å². The summed E-state index contributed by atoms with van der Waals surface area (Å²) in [4.78, 5) is 16.2. The van der Waals surface area contributed by atoms with Gasteiger partial charge in [0.15, 0.2) is 5.13 Å². The SMILES string of the molecule is COCP(=O)(Nc1nc2ccc(OC(F)(F)F)cc2s1)NC(C)C(=O)OC(C)C. The van der Waals surface area contributed by atoms with Gasteiger partial charge in [0.25, 0.3) is 7.44 Å². The number of ether oxygens (including phenoxy) is 3. The number of carbonyl (C=O) groups excluding carboxylic acids is 1. The van der Waals surface area contributed by atoms with Gasteiger partial charge in [-0.1, -0.05) is 11.3 Å². The fourth-order valence-electron chi connectivity index (χ4n) is 2.29. The number of methoxy groups -OCH3 is 1. The third-order valence-electron chi connectivity index (χ3n) is 3.29. The summed E-state index contributed by atoms with van der Waals surface area (Å²) < 4.78 is 64.6. The summed E-state index contributed by atoms with van der Waals surface area (Å²) in [6.07, 6.45) is -5.40. The predicted octanol–water partition coefficient (Wildman–Crippen LogP) is 4.33. The van der Waals surface area contributed by atoms with Gasteiger partial charge in [0.1, 0.15) is 18.1 Å². The van der Waals surface area contributed by atoms with Crippen LogP contribution in [0.5, 0.6) is 5.75 Å². The Morgan fingerprint density at radius 2 is 2.00 bits per heavy atom. The van der Waals surface area contributed by atoms with Gasteiger partial charge in [-0.15, -0.1) is 13.2 Å². The van der Waals surface area contributed by atoms with E-state index in [2.05, 4.69) is 19.9 Å². The molecule has 0 aliphatic rings. The van der Waals surface area contributed by atoms with E-state index in [4.69, 9.17) is 9.47 Å². The van der Waals surface area contributed by atoms with Crippen molar-refractivity contribution in [2.24, 2.45) is 0 Å². The lowest BCUT2D eigenvalue weighted by Gasteiger charge is -2.23. The third kappa shape index (κ3) is 7.14. The van der Waals surface area contributed by atoms with Gasteiger partial charge in [0.05, 0.1) is 16.3 Å². The van der Waals surface area contributed by atoms with E-state index in [1.807, 2.05) is 0 Å². The van der Waals surface area contributed by atoms with Crippen molar-refractivity contribution in [2.45, 2.75) is 39.3 Å². The minimum Gasteiger partial charge on any atom is -0.462 e. The Morgan fingerprint density at radius 1 is 1.31 bits per heavy atom. The zero-order valence-electron chi connectivity index (χ0n) is 16.1. The number of carbonyl (C=O) groups is 1. The van der Waals surface area contributed by atoms with E-state index < -0.39 is 25.8 Å². The molecule has 1 heterocycles. The molecule has 0 radical (unpaired) electrons. The Morgan fingerprint density at radius 3 is 2.59 bits per heavy atom. The van der Waals surface area contributed by atoms with Crippen molar-refractivity contribution in [1.29, 1.82) is 0 Å². The van der Waals surface area contributed by atoms with Crippen molar-refractivity contribution in [3.63, 3.8) is 0 Å². The second-order valence-corrected chi connectivity index (χ2v) is 9.55. The fraction of sp³-hybridized carbons (Fsp3) is 0.500. The molecule has 13 heteroatoms. The van der Waals surface area contributed by atoms with E-state index in [1.54, 1.807) is 13.8 Å². The molecule has 2 aromatic rings. The molecule has 0 fully saturated rings. The summed E-state index contributed by atoms with van der Waals surface area (Å²) >= 11 is 0.983. The van der Waals surface area contributed by atoms with Gasteiger partial charge < -0.3 is 14.2 Å². The fourth-order valence-corrected chi connectivity index (χ4v) is 5.32. The monoisotopic (exact) mass is 455 g/mol. The molecular formula is C16H21F3N3O5PS. The standard InChI is InChI=1S/C16H21F3N3O5PS/c1-9(2)26-14(23)10(3)21-28(24,8-25-4)22-15-20-12-6-5-11(7-13(12)29-15)27-16(17,18)19/h5-7,9-10H,8H2,1-4H3,(H2,20,21,22,24). The van der Waals surface area contributed by atoms with Crippen molar-refractivity contribution >= 4 is 40.1 Å². The number of halogens is 3. The van der Waals surface area contributed by atoms with E-state index in [1.165, 1.54) is 26.2 Å².